The Balaban J connectivity index is 1.43. The van der Waals surface area contributed by atoms with Crippen molar-refractivity contribution in [3.05, 3.63) is 108 Å². The molecule has 15 heteroatoms. The van der Waals surface area contributed by atoms with Crippen LogP contribution in [0.4, 0.5) is 5.82 Å². The summed E-state index contributed by atoms with van der Waals surface area (Å²) in [5.41, 5.74) is 2.79. The van der Waals surface area contributed by atoms with Gasteiger partial charge in [-0.3, -0.25) is 4.57 Å². The van der Waals surface area contributed by atoms with Crippen LogP contribution in [0.15, 0.2) is 96.5 Å². The number of methoxy groups -OCH3 is 2. The topological polar surface area (TPSA) is 142 Å². The minimum absolute atomic E-state index is 0.103. The number of nitrogens with zero attached hydrogens (tertiary/aromatic N) is 8. The quantitative estimate of drug-likeness (QED) is 0.0229. The molecule has 0 aliphatic carbocycles. The average Bonchev–Trinajstić information content (AvgIpc) is 3.89. The van der Waals surface area contributed by atoms with Gasteiger partial charge in [-0.05, 0) is 82.5 Å². The van der Waals surface area contributed by atoms with E-state index in [1.54, 1.807) is 26.9 Å². The van der Waals surface area contributed by atoms with E-state index >= 15 is 0 Å². The number of hydrogen-bond acceptors (Lipinski definition) is 12. The van der Waals surface area contributed by atoms with E-state index in [1.165, 1.54) is 6.33 Å². The molecule has 0 N–H and O–H groups in total. The molecule has 14 nitrogen and oxygen atoms in total. The molecule has 1 fully saturated rings. The average molecular weight is 837 g/mol. The lowest BCUT2D eigenvalue weighted by molar-refractivity contribution is -0.0912. The van der Waals surface area contributed by atoms with Crippen LogP contribution in [-0.2, 0) is 24.1 Å². The fourth-order valence-electron chi connectivity index (χ4n) is 7.49. The van der Waals surface area contributed by atoms with Crippen molar-refractivity contribution in [3.8, 4) is 17.6 Å². The third-order valence-electron chi connectivity index (χ3n) is 10.5. The number of aliphatic imine (C=N–C) groups is 1. The molecule has 1 aliphatic heterocycles. The summed E-state index contributed by atoms with van der Waals surface area (Å²) < 4.78 is 43.2. The van der Waals surface area contributed by atoms with Crippen molar-refractivity contribution in [2.75, 3.05) is 40.5 Å². The van der Waals surface area contributed by atoms with Crippen LogP contribution < -0.4 is 9.47 Å². The number of rotatable bonds is 21. The summed E-state index contributed by atoms with van der Waals surface area (Å²) in [5.74, 6) is 1.93. The maximum atomic E-state index is 9.42. The first-order chi connectivity index (χ1) is 29.2. The Kier molecular flexibility index (Phi) is 15.6. The molecule has 0 amide bonds. The Bertz CT molecular complexity index is 2100. The number of benzene rings is 3. The predicted octanol–water partition coefficient (Wildman–Crippen LogP) is 8.80. The Morgan fingerprint density at radius 1 is 0.900 bits per heavy atom. The van der Waals surface area contributed by atoms with E-state index in [0.29, 0.717) is 23.4 Å². The minimum atomic E-state index is -1.62. The van der Waals surface area contributed by atoms with Gasteiger partial charge in [-0.2, -0.15) is 5.26 Å². The van der Waals surface area contributed by atoms with Crippen LogP contribution in [0.2, 0.25) is 0 Å². The highest BCUT2D eigenvalue weighted by atomic mass is 31.2. The van der Waals surface area contributed by atoms with Crippen LogP contribution in [0, 0.1) is 11.3 Å². The molecule has 0 radical (unpaired) electrons. The van der Waals surface area contributed by atoms with Crippen molar-refractivity contribution in [1.82, 2.24) is 29.1 Å². The van der Waals surface area contributed by atoms with Crippen LogP contribution >= 0.6 is 8.53 Å². The van der Waals surface area contributed by atoms with E-state index in [2.05, 4.69) is 84.3 Å². The molecule has 0 spiro atoms. The molecule has 5 aromatic rings. The zero-order valence-corrected chi connectivity index (χ0v) is 36.7. The molecule has 2 aromatic heterocycles. The fourth-order valence-corrected chi connectivity index (χ4v) is 9.25. The first kappa shape index (κ1) is 44.5. The molecular weight excluding hydrogens is 780 g/mol. The van der Waals surface area contributed by atoms with Crippen molar-refractivity contribution >= 4 is 31.8 Å². The SMILES string of the molecule is CCN(/C=N\c1ncnc2c1ncn2[C@H]1C[C@H](OP(OCCC#N)N(C(C)C)C(C)C)[C@@H](COC(c2ccccc2)(c2ccc(OC)cc2)c2ccc(OC)cc2)O1)CC. The normalized spacial score (nSPS) is 17.5. The number of ether oxygens (including phenoxy) is 4. The van der Waals surface area contributed by atoms with Crippen molar-refractivity contribution in [2.24, 2.45) is 4.99 Å². The zero-order valence-electron chi connectivity index (χ0n) is 35.8. The molecule has 6 rings (SSSR count). The zero-order chi connectivity index (χ0) is 42.6. The van der Waals surface area contributed by atoms with Gasteiger partial charge in [0.25, 0.3) is 8.53 Å². The number of aromatic nitrogens is 4. The lowest BCUT2D eigenvalue weighted by atomic mass is 9.80. The monoisotopic (exact) mass is 836 g/mol. The Labute approximate surface area is 355 Å². The maximum Gasteiger partial charge on any atom is 0.259 e. The number of nitriles is 1. The largest absolute Gasteiger partial charge is 0.497 e. The smallest absolute Gasteiger partial charge is 0.259 e. The molecule has 60 heavy (non-hydrogen) atoms. The fraction of sp³-hybridized carbons (Fsp3) is 0.444. The second-order valence-corrected chi connectivity index (χ2v) is 16.3. The van der Waals surface area contributed by atoms with E-state index in [4.69, 9.17) is 33.0 Å². The third-order valence-corrected chi connectivity index (χ3v) is 12.7. The van der Waals surface area contributed by atoms with Crippen LogP contribution in [0.3, 0.4) is 0 Å². The lowest BCUT2D eigenvalue weighted by Gasteiger charge is -2.39. The lowest BCUT2D eigenvalue weighted by Crippen LogP contribution is -2.39. The van der Waals surface area contributed by atoms with Gasteiger partial charge < -0.3 is 32.9 Å². The Morgan fingerprint density at radius 3 is 2.08 bits per heavy atom. The van der Waals surface area contributed by atoms with Gasteiger partial charge in [-0.25, -0.2) is 24.6 Å². The summed E-state index contributed by atoms with van der Waals surface area (Å²) >= 11 is 0. The highest BCUT2D eigenvalue weighted by molar-refractivity contribution is 7.44. The second kappa shape index (κ2) is 21.0. The molecule has 3 heterocycles. The summed E-state index contributed by atoms with van der Waals surface area (Å²) in [4.78, 5) is 20.6. The maximum absolute atomic E-state index is 9.42. The van der Waals surface area contributed by atoms with Gasteiger partial charge in [0.1, 0.15) is 35.8 Å². The summed E-state index contributed by atoms with van der Waals surface area (Å²) in [6, 6.07) is 28.5. The summed E-state index contributed by atoms with van der Waals surface area (Å²) in [5, 5.41) is 9.42. The predicted molar refractivity (Wildman–Crippen MR) is 233 cm³/mol. The Hall–Kier alpha value is -5.00. The molecular formula is C45H57N8O6P. The van der Waals surface area contributed by atoms with E-state index in [1.807, 2.05) is 71.3 Å². The summed E-state index contributed by atoms with van der Waals surface area (Å²) in [7, 11) is 1.69. The van der Waals surface area contributed by atoms with Gasteiger partial charge in [0.15, 0.2) is 17.0 Å². The molecule has 1 aliphatic rings. The van der Waals surface area contributed by atoms with Gasteiger partial charge in [0, 0.05) is 31.6 Å². The van der Waals surface area contributed by atoms with Crippen LogP contribution in [-0.4, -0.2) is 100 Å². The van der Waals surface area contributed by atoms with Crippen LogP contribution in [0.25, 0.3) is 11.2 Å². The van der Waals surface area contributed by atoms with Crippen LogP contribution in [0.5, 0.6) is 11.5 Å². The highest BCUT2D eigenvalue weighted by Crippen LogP contribution is 2.51. The summed E-state index contributed by atoms with van der Waals surface area (Å²) in [6.45, 7) is 14.6. The Morgan fingerprint density at radius 2 is 1.52 bits per heavy atom. The molecule has 0 saturated carbocycles. The molecule has 0 bridgehead atoms. The van der Waals surface area contributed by atoms with Gasteiger partial charge in [0.2, 0.25) is 0 Å². The number of imidazole rings is 1. The van der Waals surface area contributed by atoms with E-state index in [9.17, 15) is 5.26 Å². The standard InChI is InChI=1S/C45H57N8O6P/c1-9-51(10-2)30-50-43-42-44(48-29-47-43)52(31-49-42)41-27-39(59-60(57-26-14-25-46)53(32(3)4)33(5)6)40(58-41)28-56-45(34-15-12-11-13-16-34,35-17-21-37(54-7)22-18-35)36-19-23-38(55-8)24-20-36/h11-13,15-24,29-33,39-41H,9-10,14,26-28H2,1-8H3/b50-30-/t39-,40+,41+,60?/m0/s1. The van der Waals surface area contributed by atoms with Crippen LogP contribution in [0.1, 0.15) is 77.3 Å². The van der Waals surface area contributed by atoms with Crippen molar-refractivity contribution in [3.63, 3.8) is 0 Å². The highest BCUT2D eigenvalue weighted by Gasteiger charge is 2.45. The minimum Gasteiger partial charge on any atom is -0.497 e. The van der Waals surface area contributed by atoms with E-state index < -0.39 is 32.6 Å². The first-order valence-electron chi connectivity index (χ1n) is 20.5. The molecule has 318 valence electrons. The van der Waals surface area contributed by atoms with Gasteiger partial charge in [-0.1, -0.05) is 54.6 Å². The van der Waals surface area contributed by atoms with Gasteiger partial charge in [-0.15, -0.1) is 0 Å². The van der Waals surface area contributed by atoms with Gasteiger partial charge in [0.05, 0.1) is 58.7 Å². The molecule has 4 atom stereocenters. The van der Waals surface area contributed by atoms with Crippen molar-refractivity contribution < 1.29 is 28.0 Å². The molecule has 1 unspecified atom stereocenters. The van der Waals surface area contributed by atoms with Crippen molar-refractivity contribution in [2.45, 2.75) is 90.5 Å². The van der Waals surface area contributed by atoms with Crippen molar-refractivity contribution in [1.29, 1.82) is 5.26 Å². The first-order valence-corrected chi connectivity index (χ1v) is 21.6. The number of fused-ring (bicyclic) bond motifs is 1. The second-order valence-electron chi connectivity index (χ2n) is 14.9. The molecule has 3 aromatic carbocycles. The summed E-state index contributed by atoms with van der Waals surface area (Å²) in [6.07, 6.45) is 4.09. The van der Waals surface area contributed by atoms with E-state index in [-0.39, 0.29) is 31.7 Å². The van der Waals surface area contributed by atoms with E-state index in [0.717, 1.165) is 41.3 Å². The third kappa shape index (κ3) is 9.95. The molecule has 1 saturated heterocycles. The van der Waals surface area contributed by atoms with Gasteiger partial charge >= 0.3 is 0 Å². The number of hydrogen-bond donors (Lipinski definition) is 0.